The Morgan fingerprint density at radius 2 is 0.520 bits per heavy atom. The van der Waals surface area contributed by atoms with Gasteiger partial charge in [-0.25, -0.2) is 9.13 Å². The van der Waals surface area contributed by atoms with Crippen molar-refractivity contribution in [1.82, 2.24) is 0 Å². The lowest BCUT2D eigenvalue weighted by atomic mass is 9.99. The van der Waals surface area contributed by atoms with Crippen molar-refractivity contribution in [3.05, 3.63) is 0 Å². The number of hydrogen-bond donors (Lipinski definition) is 3. The van der Waals surface area contributed by atoms with Gasteiger partial charge in [-0.15, -0.1) is 0 Å². The zero-order valence-electron chi connectivity index (χ0n) is 64.1. The average Bonchev–Trinajstić information content (AvgIpc) is 1.07. The topological polar surface area (TPSA) is 237 Å². The SMILES string of the molecule is CCCCCCCCCCCCCCCCCCCCCCCC(=O)OC[C@H](COP(=O)(O)OC[C@@H](O)COP(=O)(O)OC[C@@H](COC(=O)CCCCCCC)OC(=O)CCCCCCCCCC(C)C)OC(=O)CCCCCCCCCCCCCCCCCCCCC(C)CC. The van der Waals surface area contributed by atoms with Crippen LogP contribution in [-0.4, -0.2) is 96.7 Å². The Morgan fingerprint density at radius 3 is 0.776 bits per heavy atom. The molecule has 0 aromatic carbocycles. The van der Waals surface area contributed by atoms with Gasteiger partial charge in [0.25, 0.3) is 0 Å². The highest BCUT2D eigenvalue weighted by atomic mass is 31.2. The minimum absolute atomic E-state index is 0.103. The number of phosphoric ester groups is 2. The van der Waals surface area contributed by atoms with Crippen molar-refractivity contribution >= 4 is 39.5 Å². The Labute approximate surface area is 600 Å². The van der Waals surface area contributed by atoms with E-state index >= 15 is 0 Å². The average molecular weight is 1440 g/mol. The van der Waals surface area contributed by atoms with Crippen molar-refractivity contribution in [3.8, 4) is 0 Å². The Morgan fingerprint density at radius 1 is 0.296 bits per heavy atom. The van der Waals surface area contributed by atoms with Gasteiger partial charge in [0.1, 0.15) is 19.3 Å². The molecule has 19 heteroatoms. The van der Waals surface area contributed by atoms with Crippen LogP contribution in [0, 0.1) is 11.8 Å². The maximum atomic E-state index is 13.1. The van der Waals surface area contributed by atoms with Crippen LogP contribution in [0.5, 0.6) is 0 Å². The fraction of sp³-hybridized carbons (Fsp3) is 0.949. The molecule has 0 rings (SSSR count). The van der Waals surface area contributed by atoms with E-state index in [0.717, 1.165) is 102 Å². The molecule has 98 heavy (non-hydrogen) atoms. The first-order chi connectivity index (χ1) is 47.4. The van der Waals surface area contributed by atoms with Crippen LogP contribution in [0.15, 0.2) is 0 Å². The van der Waals surface area contributed by atoms with Gasteiger partial charge in [-0.1, -0.05) is 363 Å². The molecule has 0 saturated heterocycles. The summed E-state index contributed by atoms with van der Waals surface area (Å²) < 4.78 is 68.3. The Hall–Kier alpha value is -1.94. The molecule has 0 aliphatic rings. The first kappa shape index (κ1) is 96.1. The minimum atomic E-state index is -4.96. The van der Waals surface area contributed by atoms with Crippen molar-refractivity contribution in [2.75, 3.05) is 39.6 Å². The monoisotopic (exact) mass is 1440 g/mol. The van der Waals surface area contributed by atoms with Crippen LogP contribution in [0.4, 0.5) is 0 Å². The zero-order chi connectivity index (χ0) is 72.1. The molecule has 0 aliphatic carbocycles. The summed E-state index contributed by atoms with van der Waals surface area (Å²) in [6.45, 7) is 9.51. The van der Waals surface area contributed by atoms with Gasteiger partial charge in [-0.3, -0.25) is 37.3 Å². The lowest BCUT2D eigenvalue weighted by Gasteiger charge is -2.21. The Kier molecular flexibility index (Phi) is 69.3. The van der Waals surface area contributed by atoms with Crippen molar-refractivity contribution in [3.63, 3.8) is 0 Å². The molecule has 0 aromatic rings. The van der Waals surface area contributed by atoms with Crippen molar-refractivity contribution in [2.24, 2.45) is 11.8 Å². The van der Waals surface area contributed by atoms with E-state index in [0.29, 0.717) is 31.6 Å². The zero-order valence-corrected chi connectivity index (χ0v) is 65.9. The van der Waals surface area contributed by atoms with Crippen LogP contribution in [-0.2, 0) is 65.4 Å². The quantitative estimate of drug-likeness (QED) is 0.0222. The van der Waals surface area contributed by atoms with Gasteiger partial charge in [0, 0.05) is 25.7 Å². The van der Waals surface area contributed by atoms with E-state index in [-0.39, 0.29) is 25.7 Å². The van der Waals surface area contributed by atoms with Gasteiger partial charge in [0.05, 0.1) is 26.4 Å². The van der Waals surface area contributed by atoms with E-state index in [1.54, 1.807) is 0 Å². The predicted molar refractivity (Wildman–Crippen MR) is 400 cm³/mol. The molecular weight excluding hydrogens is 1280 g/mol. The molecule has 3 unspecified atom stereocenters. The van der Waals surface area contributed by atoms with Crippen LogP contribution in [0.25, 0.3) is 0 Å². The number of ether oxygens (including phenoxy) is 4. The lowest BCUT2D eigenvalue weighted by molar-refractivity contribution is -0.161. The van der Waals surface area contributed by atoms with Crippen molar-refractivity contribution in [1.29, 1.82) is 0 Å². The number of hydrogen-bond acceptors (Lipinski definition) is 15. The highest BCUT2D eigenvalue weighted by Gasteiger charge is 2.30. The third-order valence-electron chi connectivity index (χ3n) is 18.8. The molecule has 17 nitrogen and oxygen atoms in total. The molecular formula is C79H154O17P2. The number of carbonyl (C=O) groups is 4. The maximum absolute atomic E-state index is 13.1. The standard InChI is InChI=1S/C79H154O17P2/c1-7-10-12-14-15-16-17-18-19-20-21-22-23-27-30-33-36-39-44-50-56-62-77(82)90-68-75(96-78(83)63-57-51-45-40-37-34-31-28-25-24-26-29-32-35-38-43-49-54-60-72(6)9-3)70-94-98(87,88)92-66-73(80)65-91-97(85,86)93-69-74(67-89-76(81)61-55-47-13-11-8-2)95-79(84)64-58-52-46-41-42-48-53-59-71(4)5/h71-75,80H,7-70H2,1-6H3,(H,85,86)(H,87,88)/t72?,73-,74+,75+/m0/s1. The van der Waals surface area contributed by atoms with Gasteiger partial charge in [-0.05, 0) is 37.5 Å². The van der Waals surface area contributed by atoms with E-state index in [1.165, 1.54) is 225 Å². The normalized spacial score (nSPS) is 14.2. The summed E-state index contributed by atoms with van der Waals surface area (Å²) in [5.74, 6) is -0.561. The second-order valence-corrected chi connectivity index (χ2v) is 32.1. The number of rotatable bonds is 78. The molecule has 582 valence electrons. The number of aliphatic hydroxyl groups is 1. The molecule has 3 N–H and O–H groups in total. The van der Waals surface area contributed by atoms with Gasteiger partial charge < -0.3 is 33.8 Å². The highest BCUT2D eigenvalue weighted by Crippen LogP contribution is 2.45. The van der Waals surface area contributed by atoms with Gasteiger partial charge in [0.2, 0.25) is 0 Å². The van der Waals surface area contributed by atoms with Crippen LogP contribution in [0.3, 0.4) is 0 Å². The Balaban J connectivity index is 5.08. The van der Waals surface area contributed by atoms with Crippen LogP contribution >= 0.6 is 15.6 Å². The maximum Gasteiger partial charge on any atom is 0.472 e. The number of unbranched alkanes of at least 4 members (excludes halogenated alkanes) is 47. The molecule has 0 aliphatic heterocycles. The molecule has 0 amide bonds. The third-order valence-corrected chi connectivity index (χ3v) is 20.7. The van der Waals surface area contributed by atoms with E-state index in [9.17, 15) is 43.2 Å². The Bertz CT molecular complexity index is 1890. The number of esters is 4. The number of aliphatic hydroxyl groups excluding tert-OH is 1. The first-order valence-electron chi connectivity index (χ1n) is 41.0. The van der Waals surface area contributed by atoms with Crippen LogP contribution in [0.2, 0.25) is 0 Å². The molecule has 0 spiro atoms. The molecule has 6 atom stereocenters. The molecule has 0 radical (unpaired) electrons. The molecule has 0 bridgehead atoms. The summed E-state index contributed by atoms with van der Waals surface area (Å²) in [5, 5.41) is 10.6. The number of phosphoric acid groups is 2. The number of carbonyl (C=O) groups excluding carboxylic acids is 4. The molecule has 0 fully saturated rings. The van der Waals surface area contributed by atoms with Gasteiger partial charge in [0.15, 0.2) is 12.2 Å². The highest BCUT2D eigenvalue weighted by molar-refractivity contribution is 7.47. The molecule has 0 saturated carbocycles. The summed E-state index contributed by atoms with van der Waals surface area (Å²) in [7, 11) is -9.90. The van der Waals surface area contributed by atoms with Crippen molar-refractivity contribution < 1.29 is 80.2 Å². The summed E-state index contributed by atoms with van der Waals surface area (Å²) in [5.41, 5.74) is 0. The van der Waals surface area contributed by atoms with E-state index in [2.05, 4.69) is 41.5 Å². The summed E-state index contributed by atoms with van der Waals surface area (Å²) in [6.07, 6.45) is 60.5. The van der Waals surface area contributed by atoms with Gasteiger partial charge >= 0.3 is 39.5 Å². The minimum Gasteiger partial charge on any atom is -0.462 e. The first-order valence-corrected chi connectivity index (χ1v) is 44.0. The largest absolute Gasteiger partial charge is 0.472 e. The van der Waals surface area contributed by atoms with Gasteiger partial charge in [-0.2, -0.15) is 0 Å². The summed E-state index contributed by atoms with van der Waals surface area (Å²) in [6, 6.07) is 0. The smallest absolute Gasteiger partial charge is 0.462 e. The summed E-state index contributed by atoms with van der Waals surface area (Å²) >= 11 is 0. The van der Waals surface area contributed by atoms with Crippen molar-refractivity contribution in [2.45, 2.75) is 432 Å². The fourth-order valence-electron chi connectivity index (χ4n) is 12.2. The molecule has 0 heterocycles. The van der Waals surface area contributed by atoms with Crippen LogP contribution < -0.4 is 0 Å². The summed E-state index contributed by atoms with van der Waals surface area (Å²) in [4.78, 5) is 72.5. The van der Waals surface area contributed by atoms with E-state index in [4.69, 9.17) is 37.0 Å². The van der Waals surface area contributed by atoms with E-state index < -0.39 is 97.5 Å². The predicted octanol–water partition coefficient (Wildman–Crippen LogP) is 23.5. The second kappa shape index (κ2) is 70.7. The van der Waals surface area contributed by atoms with Crippen LogP contribution in [0.1, 0.15) is 414 Å². The fourth-order valence-corrected chi connectivity index (χ4v) is 13.7. The lowest BCUT2D eigenvalue weighted by Crippen LogP contribution is -2.30. The van der Waals surface area contributed by atoms with E-state index in [1.807, 2.05) is 0 Å². The molecule has 0 aromatic heterocycles. The second-order valence-electron chi connectivity index (χ2n) is 29.2. The third kappa shape index (κ3) is 71.1.